The molecule has 4 heteroatoms. The molecule has 2 rings (SSSR count). The van der Waals surface area contributed by atoms with Crippen molar-refractivity contribution in [3.63, 3.8) is 0 Å². The highest BCUT2D eigenvalue weighted by atomic mass is 35.5. The number of rotatable bonds is 3. The van der Waals surface area contributed by atoms with Crippen LogP contribution in [-0.2, 0) is 6.42 Å². The summed E-state index contributed by atoms with van der Waals surface area (Å²) in [5.74, 6) is -2.93. The molecule has 0 radical (unpaired) electrons. The Balaban J connectivity index is 2.01. The molecular weight excluding hydrogens is 258 g/mol. The third kappa shape index (κ3) is 3.21. The van der Waals surface area contributed by atoms with E-state index in [0.717, 1.165) is 11.1 Å². The first kappa shape index (κ1) is 13.8. The minimum absolute atomic E-state index is 0.115. The van der Waals surface area contributed by atoms with Gasteiger partial charge >= 0.3 is 0 Å². The molecule has 1 fully saturated rings. The Labute approximate surface area is 111 Å². The lowest BCUT2D eigenvalue weighted by Crippen LogP contribution is -2.22. The van der Waals surface area contributed by atoms with E-state index in [9.17, 15) is 13.9 Å². The molecule has 0 amide bonds. The normalized spacial score (nSPS) is 24.2. The van der Waals surface area contributed by atoms with Crippen LogP contribution in [0.25, 0.3) is 0 Å². The molecule has 1 saturated carbocycles. The van der Waals surface area contributed by atoms with Gasteiger partial charge in [0, 0.05) is 24.3 Å². The third-order valence-corrected chi connectivity index (χ3v) is 3.98. The van der Waals surface area contributed by atoms with Gasteiger partial charge in [0.25, 0.3) is 0 Å². The van der Waals surface area contributed by atoms with E-state index >= 15 is 0 Å². The molecule has 2 unspecified atom stereocenters. The highest BCUT2D eigenvalue weighted by Crippen LogP contribution is 2.41. The van der Waals surface area contributed by atoms with Gasteiger partial charge in [-0.05, 0) is 36.5 Å². The number of aliphatic hydroxyl groups excluding tert-OH is 1. The van der Waals surface area contributed by atoms with Crippen molar-refractivity contribution in [1.29, 1.82) is 0 Å². The van der Waals surface area contributed by atoms with Gasteiger partial charge in [-0.3, -0.25) is 0 Å². The van der Waals surface area contributed by atoms with Crippen molar-refractivity contribution in [1.82, 2.24) is 0 Å². The molecule has 2 atom stereocenters. The number of benzene rings is 1. The van der Waals surface area contributed by atoms with E-state index in [-0.39, 0.29) is 18.8 Å². The van der Waals surface area contributed by atoms with Crippen molar-refractivity contribution in [3.8, 4) is 0 Å². The summed E-state index contributed by atoms with van der Waals surface area (Å²) in [6.07, 6.45) is -0.329. The molecule has 100 valence electrons. The third-order valence-electron chi connectivity index (χ3n) is 3.62. The number of aryl methyl sites for hydroxylation is 1. The first-order valence-corrected chi connectivity index (χ1v) is 6.56. The topological polar surface area (TPSA) is 20.2 Å². The van der Waals surface area contributed by atoms with Crippen LogP contribution in [0.4, 0.5) is 8.78 Å². The maximum absolute atomic E-state index is 13.1. The molecule has 0 saturated heterocycles. The van der Waals surface area contributed by atoms with Crippen LogP contribution < -0.4 is 0 Å². The fourth-order valence-corrected chi connectivity index (χ4v) is 2.83. The smallest absolute Gasteiger partial charge is 0.248 e. The van der Waals surface area contributed by atoms with Crippen molar-refractivity contribution in [3.05, 3.63) is 34.3 Å². The molecule has 1 N–H and O–H groups in total. The van der Waals surface area contributed by atoms with Crippen molar-refractivity contribution in [2.45, 2.75) is 44.6 Å². The van der Waals surface area contributed by atoms with E-state index in [1.807, 2.05) is 25.1 Å². The monoisotopic (exact) mass is 274 g/mol. The number of aliphatic hydroxyl groups is 1. The van der Waals surface area contributed by atoms with Gasteiger partial charge < -0.3 is 5.11 Å². The van der Waals surface area contributed by atoms with Crippen LogP contribution >= 0.6 is 11.6 Å². The molecule has 1 aromatic rings. The van der Waals surface area contributed by atoms with Gasteiger partial charge in [-0.2, -0.15) is 0 Å². The van der Waals surface area contributed by atoms with Crippen molar-refractivity contribution in [2.75, 3.05) is 0 Å². The average molecular weight is 275 g/mol. The van der Waals surface area contributed by atoms with E-state index < -0.39 is 12.0 Å². The minimum atomic E-state index is -2.61. The van der Waals surface area contributed by atoms with E-state index in [1.54, 1.807) is 0 Å². The summed E-state index contributed by atoms with van der Waals surface area (Å²) in [4.78, 5) is 0. The zero-order chi connectivity index (χ0) is 13.3. The van der Waals surface area contributed by atoms with Crippen LogP contribution in [0.5, 0.6) is 0 Å². The highest BCUT2D eigenvalue weighted by molar-refractivity contribution is 6.31. The zero-order valence-electron chi connectivity index (χ0n) is 10.3. The molecule has 0 spiro atoms. The number of halogens is 3. The molecular formula is C14H17ClF2O. The fraction of sp³-hybridized carbons (Fsp3) is 0.571. The van der Waals surface area contributed by atoms with Crippen molar-refractivity contribution < 1.29 is 13.9 Å². The molecule has 18 heavy (non-hydrogen) atoms. The Kier molecular flexibility index (Phi) is 3.93. The summed E-state index contributed by atoms with van der Waals surface area (Å²) in [6, 6.07) is 5.60. The van der Waals surface area contributed by atoms with Crippen LogP contribution in [0, 0.1) is 12.8 Å². The number of hydrogen-bond donors (Lipinski definition) is 1. The summed E-state index contributed by atoms with van der Waals surface area (Å²) in [6.45, 7) is 1.93. The summed E-state index contributed by atoms with van der Waals surface area (Å²) >= 11 is 6.08. The Morgan fingerprint density at radius 2 is 2.22 bits per heavy atom. The zero-order valence-corrected chi connectivity index (χ0v) is 11.1. The highest BCUT2D eigenvalue weighted by Gasteiger charge is 2.42. The quantitative estimate of drug-likeness (QED) is 0.884. The Morgan fingerprint density at radius 1 is 1.50 bits per heavy atom. The maximum Gasteiger partial charge on any atom is 0.248 e. The minimum Gasteiger partial charge on any atom is -0.392 e. The molecule has 1 nitrogen and oxygen atoms in total. The second kappa shape index (κ2) is 5.14. The molecule has 1 aliphatic rings. The molecule has 1 aliphatic carbocycles. The molecule has 0 bridgehead atoms. The number of alkyl halides is 2. The number of hydrogen-bond acceptors (Lipinski definition) is 1. The van der Waals surface area contributed by atoms with Crippen LogP contribution in [0.15, 0.2) is 18.2 Å². The standard InChI is InChI=1S/C14H17ClF2O/c1-9-2-3-10(12(15)6-9)7-13(18)11-4-5-14(16,17)8-11/h2-3,6,11,13,18H,4-5,7-8H2,1H3. The van der Waals surface area contributed by atoms with Gasteiger partial charge in [0.15, 0.2) is 0 Å². The van der Waals surface area contributed by atoms with Gasteiger partial charge in [-0.25, -0.2) is 8.78 Å². The van der Waals surface area contributed by atoms with Gasteiger partial charge in [0.1, 0.15) is 0 Å². The second-order valence-electron chi connectivity index (χ2n) is 5.23. The van der Waals surface area contributed by atoms with Gasteiger partial charge in [0.05, 0.1) is 6.10 Å². The SMILES string of the molecule is Cc1ccc(CC(O)C2CCC(F)(F)C2)c(Cl)c1. The maximum atomic E-state index is 13.1. The molecule has 1 aromatic carbocycles. The largest absolute Gasteiger partial charge is 0.392 e. The van der Waals surface area contributed by atoms with Crippen molar-refractivity contribution in [2.24, 2.45) is 5.92 Å². The van der Waals surface area contributed by atoms with Gasteiger partial charge in [-0.1, -0.05) is 23.7 Å². The van der Waals surface area contributed by atoms with E-state index in [4.69, 9.17) is 11.6 Å². The lowest BCUT2D eigenvalue weighted by Gasteiger charge is -2.18. The Morgan fingerprint density at radius 3 is 2.78 bits per heavy atom. The van der Waals surface area contributed by atoms with Gasteiger partial charge in [0.2, 0.25) is 5.92 Å². The molecule has 0 aromatic heterocycles. The Bertz CT molecular complexity index is 434. The van der Waals surface area contributed by atoms with Crippen molar-refractivity contribution >= 4 is 11.6 Å². The predicted molar refractivity (Wildman–Crippen MR) is 68.2 cm³/mol. The summed E-state index contributed by atoms with van der Waals surface area (Å²) in [5, 5.41) is 10.6. The first-order valence-electron chi connectivity index (χ1n) is 6.18. The first-order chi connectivity index (χ1) is 8.37. The summed E-state index contributed by atoms with van der Waals surface area (Å²) in [5.41, 5.74) is 1.87. The van der Waals surface area contributed by atoms with Crippen LogP contribution in [-0.4, -0.2) is 17.1 Å². The van der Waals surface area contributed by atoms with Crippen LogP contribution in [0.3, 0.4) is 0 Å². The summed E-state index contributed by atoms with van der Waals surface area (Å²) in [7, 11) is 0. The average Bonchev–Trinajstić information content (AvgIpc) is 2.63. The lowest BCUT2D eigenvalue weighted by molar-refractivity contribution is -0.00479. The van der Waals surface area contributed by atoms with E-state index in [1.165, 1.54) is 0 Å². The van der Waals surface area contributed by atoms with Crippen LogP contribution in [0.1, 0.15) is 30.4 Å². The second-order valence-corrected chi connectivity index (χ2v) is 5.63. The van der Waals surface area contributed by atoms with Crippen LogP contribution in [0.2, 0.25) is 5.02 Å². The van der Waals surface area contributed by atoms with Gasteiger partial charge in [-0.15, -0.1) is 0 Å². The lowest BCUT2D eigenvalue weighted by atomic mass is 9.94. The molecule has 0 heterocycles. The summed E-state index contributed by atoms with van der Waals surface area (Å²) < 4.78 is 26.2. The molecule has 0 aliphatic heterocycles. The Hall–Kier alpha value is -0.670. The predicted octanol–water partition coefficient (Wildman–Crippen LogP) is 3.99. The van der Waals surface area contributed by atoms with E-state index in [0.29, 0.717) is 17.9 Å². The van der Waals surface area contributed by atoms with E-state index in [2.05, 4.69) is 0 Å². The fourth-order valence-electron chi connectivity index (χ4n) is 2.52.